The van der Waals surface area contributed by atoms with Gasteiger partial charge in [-0.15, -0.1) is 6.58 Å². The molecule has 138 valence electrons. The normalized spacial score (nSPS) is 10.7. The Kier molecular flexibility index (Phi) is 5.81. The van der Waals surface area contributed by atoms with E-state index in [1.807, 2.05) is 54.1 Å². The molecule has 27 heavy (non-hydrogen) atoms. The molecule has 0 spiro atoms. The summed E-state index contributed by atoms with van der Waals surface area (Å²) in [5.74, 6) is 0.866. The zero-order valence-corrected chi connectivity index (χ0v) is 15.4. The zero-order valence-electron chi connectivity index (χ0n) is 15.4. The van der Waals surface area contributed by atoms with Crippen molar-refractivity contribution < 1.29 is 9.90 Å². The van der Waals surface area contributed by atoms with Gasteiger partial charge in [0.15, 0.2) is 5.82 Å². The molecule has 0 atom stereocenters. The molecule has 0 aliphatic rings. The standard InChI is InChI=1S/C22H23N3O2/c1-3-5-14-25-21(23-20(4-2)24-25)15-16-10-12-17(13-11-16)18-8-6-7-9-19(18)22(26)27/h3,6-13H,1,4-5,14-15H2,2H3,(H,26,27). The molecule has 2 aromatic carbocycles. The molecule has 0 bridgehead atoms. The van der Waals surface area contributed by atoms with Crippen LogP contribution >= 0.6 is 0 Å². The van der Waals surface area contributed by atoms with E-state index in [-0.39, 0.29) is 0 Å². The smallest absolute Gasteiger partial charge is 0.336 e. The Balaban J connectivity index is 1.84. The highest BCUT2D eigenvalue weighted by Gasteiger charge is 2.12. The summed E-state index contributed by atoms with van der Waals surface area (Å²) in [6.45, 7) is 6.59. The van der Waals surface area contributed by atoms with Crippen molar-refractivity contribution in [1.82, 2.24) is 14.8 Å². The maximum atomic E-state index is 11.4. The van der Waals surface area contributed by atoms with E-state index in [1.54, 1.807) is 12.1 Å². The van der Waals surface area contributed by atoms with Crippen molar-refractivity contribution >= 4 is 5.97 Å². The van der Waals surface area contributed by atoms with Gasteiger partial charge in [0.1, 0.15) is 5.82 Å². The van der Waals surface area contributed by atoms with Gasteiger partial charge in [-0.2, -0.15) is 5.10 Å². The Labute approximate surface area is 159 Å². The SMILES string of the molecule is C=CCCn1nc(CC)nc1Cc1ccc(-c2ccccc2C(=O)O)cc1. The summed E-state index contributed by atoms with van der Waals surface area (Å²) < 4.78 is 1.95. The molecule has 1 aromatic heterocycles. The number of nitrogens with zero attached hydrogens (tertiary/aromatic N) is 3. The van der Waals surface area contributed by atoms with Gasteiger partial charge in [0.05, 0.1) is 5.56 Å². The molecular formula is C22H23N3O2. The Hall–Kier alpha value is -3.21. The first-order valence-corrected chi connectivity index (χ1v) is 9.07. The first-order chi connectivity index (χ1) is 13.1. The third-order valence-electron chi connectivity index (χ3n) is 4.44. The fraction of sp³-hybridized carbons (Fsp3) is 0.227. The second-order valence-corrected chi connectivity index (χ2v) is 6.32. The number of carboxylic acids is 1. The molecule has 0 fully saturated rings. The van der Waals surface area contributed by atoms with Crippen LogP contribution in [0.4, 0.5) is 0 Å². The lowest BCUT2D eigenvalue weighted by atomic mass is 9.98. The summed E-state index contributed by atoms with van der Waals surface area (Å²) >= 11 is 0. The molecule has 5 nitrogen and oxygen atoms in total. The molecule has 0 amide bonds. The lowest BCUT2D eigenvalue weighted by Crippen LogP contribution is -2.06. The predicted octanol–water partition coefficient (Wildman–Crippen LogP) is 4.37. The van der Waals surface area contributed by atoms with Gasteiger partial charge >= 0.3 is 5.97 Å². The zero-order chi connectivity index (χ0) is 19.2. The van der Waals surface area contributed by atoms with Crippen molar-refractivity contribution in [3.63, 3.8) is 0 Å². The second kappa shape index (κ2) is 8.45. The van der Waals surface area contributed by atoms with Crippen LogP contribution in [0.15, 0.2) is 61.2 Å². The van der Waals surface area contributed by atoms with Crippen molar-refractivity contribution in [2.75, 3.05) is 0 Å². The van der Waals surface area contributed by atoms with E-state index in [0.29, 0.717) is 12.0 Å². The average molecular weight is 361 g/mol. The summed E-state index contributed by atoms with van der Waals surface area (Å²) in [4.78, 5) is 16.1. The number of carboxylic acid groups (broad SMARTS) is 1. The maximum absolute atomic E-state index is 11.4. The third kappa shape index (κ3) is 4.31. The fourth-order valence-electron chi connectivity index (χ4n) is 3.01. The number of carbonyl (C=O) groups is 1. The van der Waals surface area contributed by atoms with E-state index in [2.05, 4.69) is 16.7 Å². The third-order valence-corrected chi connectivity index (χ3v) is 4.44. The Morgan fingerprint density at radius 2 is 1.93 bits per heavy atom. The van der Waals surface area contributed by atoms with Crippen LogP contribution in [-0.2, 0) is 19.4 Å². The number of hydrogen-bond donors (Lipinski definition) is 1. The molecular weight excluding hydrogens is 338 g/mol. The minimum Gasteiger partial charge on any atom is -0.478 e. The van der Waals surface area contributed by atoms with Gasteiger partial charge in [-0.05, 0) is 29.2 Å². The van der Waals surface area contributed by atoms with Crippen molar-refractivity contribution in [2.45, 2.75) is 32.7 Å². The number of aromatic nitrogens is 3. The molecule has 0 saturated carbocycles. The van der Waals surface area contributed by atoms with E-state index < -0.39 is 5.97 Å². The topological polar surface area (TPSA) is 68.0 Å². The fourth-order valence-corrected chi connectivity index (χ4v) is 3.01. The average Bonchev–Trinajstić information content (AvgIpc) is 3.08. The van der Waals surface area contributed by atoms with Crippen LogP contribution in [0.25, 0.3) is 11.1 Å². The van der Waals surface area contributed by atoms with Crippen LogP contribution in [0, 0.1) is 0 Å². The molecule has 0 saturated heterocycles. The molecule has 1 heterocycles. The molecule has 5 heteroatoms. The van der Waals surface area contributed by atoms with Gasteiger partial charge in [-0.3, -0.25) is 0 Å². The van der Waals surface area contributed by atoms with E-state index in [0.717, 1.165) is 47.7 Å². The number of benzene rings is 2. The number of rotatable bonds is 8. The van der Waals surface area contributed by atoms with Crippen LogP contribution in [-0.4, -0.2) is 25.8 Å². The van der Waals surface area contributed by atoms with E-state index in [1.165, 1.54) is 0 Å². The molecule has 0 aliphatic heterocycles. The van der Waals surface area contributed by atoms with Crippen molar-refractivity contribution in [3.05, 3.63) is 84.0 Å². The van der Waals surface area contributed by atoms with Crippen LogP contribution in [0.5, 0.6) is 0 Å². The molecule has 1 N–H and O–H groups in total. The van der Waals surface area contributed by atoms with E-state index in [4.69, 9.17) is 0 Å². The summed E-state index contributed by atoms with van der Waals surface area (Å²) in [7, 11) is 0. The summed E-state index contributed by atoms with van der Waals surface area (Å²) in [6.07, 6.45) is 4.22. The largest absolute Gasteiger partial charge is 0.478 e. The molecule has 0 aliphatic carbocycles. The first-order valence-electron chi connectivity index (χ1n) is 9.07. The van der Waals surface area contributed by atoms with Crippen LogP contribution in [0.3, 0.4) is 0 Å². The highest BCUT2D eigenvalue weighted by atomic mass is 16.4. The molecule has 3 aromatic rings. The maximum Gasteiger partial charge on any atom is 0.336 e. The van der Waals surface area contributed by atoms with Crippen LogP contribution < -0.4 is 0 Å². The van der Waals surface area contributed by atoms with Gasteiger partial charge in [0.2, 0.25) is 0 Å². The number of allylic oxidation sites excluding steroid dienone is 1. The van der Waals surface area contributed by atoms with Gasteiger partial charge < -0.3 is 5.11 Å². The molecule has 0 radical (unpaired) electrons. The minimum atomic E-state index is -0.919. The molecule has 3 rings (SSSR count). The van der Waals surface area contributed by atoms with Gasteiger partial charge in [0.25, 0.3) is 0 Å². The lowest BCUT2D eigenvalue weighted by molar-refractivity contribution is 0.0697. The predicted molar refractivity (Wildman–Crippen MR) is 106 cm³/mol. The lowest BCUT2D eigenvalue weighted by Gasteiger charge is -2.08. The van der Waals surface area contributed by atoms with Crippen LogP contribution in [0.1, 0.15) is 40.9 Å². The quantitative estimate of drug-likeness (QED) is 0.605. The summed E-state index contributed by atoms with van der Waals surface area (Å²) in [6, 6.07) is 15.0. The van der Waals surface area contributed by atoms with Gasteiger partial charge in [0, 0.05) is 19.4 Å². The van der Waals surface area contributed by atoms with Crippen LogP contribution in [0.2, 0.25) is 0 Å². The Morgan fingerprint density at radius 1 is 1.19 bits per heavy atom. The van der Waals surface area contributed by atoms with E-state index in [9.17, 15) is 9.90 Å². The highest BCUT2D eigenvalue weighted by Crippen LogP contribution is 2.24. The van der Waals surface area contributed by atoms with Gasteiger partial charge in [-0.1, -0.05) is 55.5 Å². The number of hydrogen-bond acceptors (Lipinski definition) is 3. The summed E-state index contributed by atoms with van der Waals surface area (Å²) in [5.41, 5.74) is 3.03. The Morgan fingerprint density at radius 3 is 2.59 bits per heavy atom. The van der Waals surface area contributed by atoms with E-state index >= 15 is 0 Å². The van der Waals surface area contributed by atoms with Crippen molar-refractivity contribution in [2.24, 2.45) is 0 Å². The first kappa shape index (κ1) is 18.6. The summed E-state index contributed by atoms with van der Waals surface area (Å²) in [5, 5.41) is 13.9. The van der Waals surface area contributed by atoms with Gasteiger partial charge in [-0.25, -0.2) is 14.5 Å². The monoisotopic (exact) mass is 361 g/mol. The number of aromatic carboxylic acids is 1. The van der Waals surface area contributed by atoms with Crippen molar-refractivity contribution in [3.8, 4) is 11.1 Å². The molecule has 0 unspecified atom stereocenters. The number of aryl methyl sites for hydroxylation is 2. The van der Waals surface area contributed by atoms with Crippen molar-refractivity contribution in [1.29, 1.82) is 0 Å². The highest BCUT2D eigenvalue weighted by molar-refractivity contribution is 5.95. The minimum absolute atomic E-state index is 0.307. The second-order valence-electron chi connectivity index (χ2n) is 6.32. The Bertz CT molecular complexity index is 942.